The Hall–Kier alpha value is -3.56. The van der Waals surface area contributed by atoms with Gasteiger partial charge in [-0.15, -0.1) is 0 Å². The second-order valence-corrected chi connectivity index (χ2v) is 11.6. The molecule has 6 rings (SSSR count). The minimum Gasteiger partial charge on any atom is -0.394 e. The quantitative estimate of drug-likeness (QED) is 0.334. The molecule has 0 bridgehead atoms. The highest BCUT2D eigenvalue weighted by molar-refractivity contribution is 7.16. The number of thiazole rings is 1. The number of anilines is 3. The zero-order valence-electron chi connectivity index (χ0n) is 22.6. The van der Waals surface area contributed by atoms with E-state index in [2.05, 4.69) is 34.9 Å². The van der Waals surface area contributed by atoms with Gasteiger partial charge in [-0.3, -0.25) is 4.90 Å². The lowest BCUT2D eigenvalue weighted by Gasteiger charge is -2.37. The van der Waals surface area contributed by atoms with Crippen LogP contribution in [0.25, 0.3) is 16.8 Å². The fourth-order valence-electron chi connectivity index (χ4n) is 5.43. The summed E-state index contributed by atoms with van der Waals surface area (Å²) in [5.74, 6) is 0.0688. The molecular weight excluding hydrogens is 529 g/mol. The third-order valence-electron chi connectivity index (χ3n) is 7.74. The lowest BCUT2D eigenvalue weighted by atomic mass is 10.1. The van der Waals surface area contributed by atoms with Gasteiger partial charge in [-0.25, -0.2) is 13.9 Å². The van der Waals surface area contributed by atoms with Crippen LogP contribution in [-0.2, 0) is 0 Å². The van der Waals surface area contributed by atoms with Crippen LogP contribution in [0.1, 0.15) is 35.0 Å². The van der Waals surface area contributed by atoms with E-state index in [9.17, 15) is 19.9 Å². The Balaban J connectivity index is 1.36. The summed E-state index contributed by atoms with van der Waals surface area (Å²) in [5.41, 5.74) is 6.46. The zero-order chi connectivity index (χ0) is 28.0. The number of aliphatic hydroxyl groups is 2. The van der Waals surface area contributed by atoms with Gasteiger partial charge in [-0.1, -0.05) is 11.3 Å². The van der Waals surface area contributed by atoms with Crippen molar-refractivity contribution >= 4 is 33.4 Å². The van der Waals surface area contributed by atoms with Gasteiger partial charge >= 0.3 is 0 Å². The van der Waals surface area contributed by atoms with Crippen molar-refractivity contribution in [2.75, 3.05) is 56.2 Å². The second kappa shape index (κ2) is 10.8. The van der Waals surface area contributed by atoms with Crippen LogP contribution < -0.4 is 9.80 Å². The normalized spacial score (nSPS) is 16.9. The van der Waals surface area contributed by atoms with Gasteiger partial charge in [0.1, 0.15) is 22.5 Å². The number of rotatable bonds is 8. The summed E-state index contributed by atoms with van der Waals surface area (Å²) in [4.78, 5) is 11.9. The van der Waals surface area contributed by atoms with Crippen LogP contribution in [0, 0.1) is 24.1 Å². The molecule has 208 valence electrons. The lowest BCUT2D eigenvalue weighted by molar-refractivity contribution is 0.0575. The van der Waals surface area contributed by atoms with Gasteiger partial charge in [0.15, 0.2) is 5.13 Å². The Morgan fingerprint density at radius 1 is 1.18 bits per heavy atom. The molecule has 1 aliphatic carbocycles. The third kappa shape index (κ3) is 5.04. The van der Waals surface area contributed by atoms with Crippen molar-refractivity contribution in [1.82, 2.24) is 19.5 Å². The van der Waals surface area contributed by atoms with Gasteiger partial charge < -0.3 is 20.0 Å². The van der Waals surface area contributed by atoms with Crippen LogP contribution in [0.2, 0.25) is 0 Å². The van der Waals surface area contributed by atoms with Crippen LogP contribution >= 0.6 is 11.3 Å². The number of benzene rings is 1. The monoisotopic (exact) mass is 561 g/mol. The van der Waals surface area contributed by atoms with Gasteiger partial charge in [0.05, 0.1) is 29.6 Å². The van der Waals surface area contributed by atoms with Crippen molar-refractivity contribution in [1.29, 1.82) is 5.26 Å². The van der Waals surface area contributed by atoms with E-state index in [-0.39, 0.29) is 12.4 Å². The molecule has 0 radical (unpaired) electrons. The fraction of sp³-hybridized carbons (Fsp3) is 0.414. The Morgan fingerprint density at radius 3 is 2.55 bits per heavy atom. The summed E-state index contributed by atoms with van der Waals surface area (Å²) in [6.45, 7) is 5.58. The first kappa shape index (κ1) is 26.7. The highest BCUT2D eigenvalue weighted by Gasteiger charge is 2.34. The number of aliphatic hydroxyl groups excluding tert-OH is 2. The van der Waals surface area contributed by atoms with Gasteiger partial charge in [0.25, 0.3) is 0 Å². The molecule has 1 aromatic carbocycles. The van der Waals surface area contributed by atoms with E-state index in [4.69, 9.17) is 10.1 Å². The van der Waals surface area contributed by atoms with E-state index >= 15 is 0 Å². The molecular formula is C29H32FN7O2S. The van der Waals surface area contributed by atoms with E-state index in [0.29, 0.717) is 33.7 Å². The van der Waals surface area contributed by atoms with Crippen molar-refractivity contribution in [3.05, 3.63) is 58.5 Å². The van der Waals surface area contributed by atoms with Crippen LogP contribution in [0.3, 0.4) is 0 Å². The molecule has 4 aromatic rings. The Morgan fingerprint density at radius 2 is 1.90 bits per heavy atom. The molecule has 1 saturated carbocycles. The molecule has 1 aliphatic heterocycles. The Bertz CT molecular complexity index is 1570. The van der Waals surface area contributed by atoms with E-state index in [1.807, 2.05) is 16.5 Å². The van der Waals surface area contributed by atoms with Crippen molar-refractivity contribution in [2.24, 2.45) is 0 Å². The molecule has 9 nitrogen and oxygen atoms in total. The number of nitriles is 1. The molecule has 1 atom stereocenters. The topological polar surface area (TPSA) is 104 Å². The van der Waals surface area contributed by atoms with Crippen LogP contribution in [0.4, 0.5) is 20.9 Å². The summed E-state index contributed by atoms with van der Waals surface area (Å²) < 4.78 is 15.5. The number of nitrogens with zero attached hydrogens (tertiary/aromatic N) is 7. The number of piperazine rings is 1. The first-order chi connectivity index (χ1) is 19.4. The van der Waals surface area contributed by atoms with Crippen molar-refractivity contribution in [3.8, 4) is 17.3 Å². The van der Waals surface area contributed by atoms with Gasteiger partial charge in [-0.05, 0) is 56.2 Å². The third-order valence-corrected chi connectivity index (χ3v) is 8.77. The van der Waals surface area contributed by atoms with Crippen LogP contribution in [0.5, 0.6) is 0 Å². The number of fused-ring (bicyclic) bond motifs is 1. The molecule has 1 saturated heterocycles. The number of β-amino-alcohol motifs (C(OH)–C–C–N with tert-alkyl or cyclic N) is 1. The first-order valence-electron chi connectivity index (χ1n) is 13.6. The minimum atomic E-state index is -0.716. The Labute approximate surface area is 236 Å². The number of hydrogen-bond donors (Lipinski definition) is 2. The maximum atomic E-state index is 13.5. The number of aryl methyl sites for hydroxylation is 1. The number of aromatic nitrogens is 3. The molecule has 11 heteroatoms. The SMILES string of the molecule is Cc1cc(N2CCN(C[C@@H](O)CO)CC2)cc2c(N(C)c3nc(-c4ccc(F)cc4)c(C#N)s3)c(C3CC3)nn12. The fourth-order valence-corrected chi connectivity index (χ4v) is 6.28. The average molecular weight is 562 g/mol. The lowest BCUT2D eigenvalue weighted by Crippen LogP contribution is -2.49. The van der Waals surface area contributed by atoms with E-state index < -0.39 is 6.10 Å². The van der Waals surface area contributed by atoms with E-state index in [1.165, 1.54) is 23.5 Å². The molecule has 4 heterocycles. The largest absolute Gasteiger partial charge is 0.394 e. The van der Waals surface area contributed by atoms with Crippen molar-refractivity contribution in [3.63, 3.8) is 0 Å². The van der Waals surface area contributed by atoms with Gasteiger partial charge in [-0.2, -0.15) is 10.4 Å². The molecule has 2 aliphatic rings. The summed E-state index contributed by atoms with van der Waals surface area (Å²) in [7, 11) is 1.98. The molecule has 0 unspecified atom stereocenters. The van der Waals surface area contributed by atoms with Gasteiger partial charge in [0, 0.05) is 62.6 Å². The smallest absolute Gasteiger partial charge is 0.191 e. The molecule has 0 spiro atoms. The summed E-state index contributed by atoms with van der Waals surface area (Å²) in [6, 6.07) is 12.7. The first-order valence-corrected chi connectivity index (χ1v) is 14.4. The summed E-state index contributed by atoms with van der Waals surface area (Å²) in [5, 5.41) is 34.6. The summed E-state index contributed by atoms with van der Waals surface area (Å²) >= 11 is 1.33. The van der Waals surface area contributed by atoms with E-state index in [0.717, 1.165) is 67.3 Å². The molecule has 2 fully saturated rings. The molecule has 0 amide bonds. The van der Waals surface area contributed by atoms with Crippen molar-refractivity contribution in [2.45, 2.75) is 31.8 Å². The van der Waals surface area contributed by atoms with E-state index in [1.54, 1.807) is 12.1 Å². The second-order valence-electron chi connectivity index (χ2n) is 10.6. The molecule has 40 heavy (non-hydrogen) atoms. The Kier molecular flexibility index (Phi) is 7.18. The summed E-state index contributed by atoms with van der Waals surface area (Å²) in [6.07, 6.45) is 1.48. The molecule has 3 aromatic heterocycles. The predicted molar refractivity (Wildman–Crippen MR) is 154 cm³/mol. The number of halogens is 1. The maximum Gasteiger partial charge on any atom is 0.191 e. The molecule has 2 N–H and O–H groups in total. The maximum absolute atomic E-state index is 13.5. The zero-order valence-corrected chi connectivity index (χ0v) is 23.4. The minimum absolute atomic E-state index is 0.225. The van der Waals surface area contributed by atoms with Crippen LogP contribution in [0.15, 0.2) is 36.4 Å². The van der Waals surface area contributed by atoms with Crippen molar-refractivity contribution < 1.29 is 14.6 Å². The highest BCUT2D eigenvalue weighted by Crippen LogP contribution is 2.48. The number of pyridine rings is 1. The van der Waals surface area contributed by atoms with Gasteiger partial charge in [0.2, 0.25) is 0 Å². The standard InChI is InChI=1S/C29H32FN7O2S/c1-18-13-22(36-11-9-35(10-12-36)16-23(39)17-38)14-24-28(27(20-3-4-20)33-37(18)24)34(2)29-32-26(25(15-31)40-29)19-5-7-21(30)8-6-19/h5-8,13-14,20,23,38-39H,3-4,9-12,16-17H2,1-2H3/t23-/m1/s1. The predicted octanol–water partition coefficient (Wildman–Crippen LogP) is 3.90. The average Bonchev–Trinajstić information content (AvgIpc) is 3.60. The number of hydrogen-bond acceptors (Lipinski definition) is 9. The highest BCUT2D eigenvalue weighted by atomic mass is 32.1. The van der Waals surface area contributed by atoms with Crippen LogP contribution in [-0.4, -0.2) is 82.2 Å².